The topological polar surface area (TPSA) is 107 Å². The Morgan fingerprint density at radius 1 is 1.55 bits per heavy atom. The van der Waals surface area contributed by atoms with Gasteiger partial charge in [-0.15, -0.1) is 0 Å². The summed E-state index contributed by atoms with van der Waals surface area (Å²) in [7, 11) is 1.70. The van der Waals surface area contributed by atoms with Crippen molar-refractivity contribution in [2.45, 2.75) is 12.8 Å². The van der Waals surface area contributed by atoms with Crippen molar-refractivity contribution in [1.29, 1.82) is 0 Å². The molecule has 0 spiro atoms. The van der Waals surface area contributed by atoms with Crippen LogP contribution >= 0.6 is 0 Å². The second kappa shape index (κ2) is 6.49. The van der Waals surface area contributed by atoms with Gasteiger partial charge in [0.05, 0.1) is 17.1 Å². The molecule has 1 aliphatic heterocycles. The second-order valence-corrected chi connectivity index (χ2v) is 4.86. The highest BCUT2D eigenvalue weighted by Crippen LogP contribution is 2.26. The summed E-state index contributed by atoms with van der Waals surface area (Å²) in [5.74, 6) is 6.74. The number of anilines is 2. The summed E-state index contributed by atoms with van der Waals surface area (Å²) in [5, 5.41) is 10.9. The van der Waals surface area contributed by atoms with E-state index in [-0.39, 0.29) is 5.69 Å². The van der Waals surface area contributed by atoms with E-state index in [2.05, 4.69) is 10.4 Å². The fourth-order valence-corrected chi connectivity index (χ4v) is 2.41. The zero-order valence-electron chi connectivity index (χ0n) is 11.4. The predicted molar refractivity (Wildman–Crippen MR) is 75.5 cm³/mol. The van der Waals surface area contributed by atoms with Gasteiger partial charge in [-0.2, -0.15) is 0 Å². The molecule has 0 aromatic carbocycles. The number of nitro groups is 1. The van der Waals surface area contributed by atoms with Crippen LogP contribution in [0.3, 0.4) is 0 Å². The Hall–Kier alpha value is -1.93. The summed E-state index contributed by atoms with van der Waals surface area (Å²) < 4.78 is 5.16. The molecule has 2 heterocycles. The lowest BCUT2D eigenvalue weighted by molar-refractivity contribution is -0.384. The number of piperidine rings is 1. The number of rotatable bonds is 5. The first-order valence-corrected chi connectivity index (χ1v) is 6.51. The smallest absolute Gasteiger partial charge is 0.276 e. The molecule has 0 radical (unpaired) electrons. The number of aromatic nitrogens is 1. The standard InChI is InChI=1S/C12H19N5O3/c1-20-8-9-2-4-16(5-3-9)12-7-10(17(18)19)6-11(14-12)15-13/h6-7,9H,2-5,8,13H2,1H3,(H,14,15). The average Bonchev–Trinajstić information content (AvgIpc) is 2.47. The van der Waals surface area contributed by atoms with Crippen LogP contribution in [0.2, 0.25) is 0 Å². The number of nitrogen functional groups attached to an aromatic ring is 1. The molecule has 1 aromatic heterocycles. The van der Waals surface area contributed by atoms with Crippen LogP contribution in [0, 0.1) is 16.0 Å². The fourth-order valence-electron chi connectivity index (χ4n) is 2.41. The number of pyridine rings is 1. The first-order valence-electron chi connectivity index (χ1n) is 6.51. The monoisotopic (exact) mass is 281 g/mol. The minimum absolute atomic E-state index is 0.0121. The van der Waals surface area contributed by atoms with E-state index in [9.17, 15) is 10.1 Å². The summed E-state index contributed by atoms with van der Waals surface area (Å²) in [4.78, 5) is 16.8. The van der Waals surface area contributed by atoms with Crippen LogP contribution in [0.1, 0.15) is 12.8 Å². The number of methoxy groups -OCH3 is 1. The fraction of sp³-hybridized carbons (Fsp3) is 0.583. The van der Waals surface area contributed by atoms with E-state index >= 15 is 0 Å². The van der Waals surface area contributed by atoms with Crippen LogP contribution in [-0.2, 0) is 4.74 Å². The largest absolute Gasteiger partial charge is 0.384 e. The maximum absolute atomic E-state index is 10.9. The Bertz CT molecular complexity index is 474. The Kier molecular flexibility index (Phi) is 4.70. The summed E-state index contributed by atoms with van der Waals surface area (Å²) in [6.45, 7) is 2.38. The van der Waals surface area contributed by atoms with Gasteiger partial charge in [0.1, 0.15) is 11.6 Å². The minimum atomic E-state index is -0.441. The van der Waals surface area contributed by atoms with Crippen molar-refractivity contribution in [2.75, 3.05) is 37.1 Å². The molecular weight excluding hydrogens is 262 g/mol. The number of nitrogens with two attached hydrogens (primary N) is 1. The molecule has 1 fully saturated rings. The molecule has 110 valence electrons. The number of nitrogens with zero attached hydrogens (tertiary/aromatic N) is 3. The molecule has 0 amide bonds. The average molecular weight is 281 g/mol. The molecule has 8 nitrogen and oxygen atoms in total. The van der Waals surface area contributed by atoms with Gasteiger partial charge in [-0.1, -0.05) is 0 Å². The van der Waals surface area contributed by atoms with E-state index < -0.39 is 4.92 Å². The predicted octanol–water partition coefficient (Wildman–Crippen LogP) is 1.14. The first-order chi connectivity index (χ1) is 9.63. The number of hydrogen-bond acceptors (Lipinski definition) is 7. The molecular formula is C12H19N5O3. The lowest BCUT2D eigenvalue weighted by Gasteiger charge is -2.32. The molecule has 1 aliphatic rings. The molecule has 0 unspecified atom stereocenters. The van der Waals surface area contributed by atoms with Crippen molar-refractivity contribution < 1.29 is 9.66 Å². The molecule has 3 N–H and O–H groups in total. The number of hydrazine groups is 1. The van der Waals surface area contributed by atoms with Crippen molar-refractivity contribution >= 4 is 17.3 Å². The molecule has 2 rings (SSSR count). The van der Waals surface area contributed by atoms with Crippen LogP contribution in [0.5, 0.6) is 0 Å². The molecule has 8 heteroatoms. The lowest BCUT2D eigenvalue weighted by Crippen LogP contribution is -2.35. The van der Waals surface area contributed by atoms with Crippen LogP contribution in [-0.4, -0.2) is 36.7 Å². The Morgan fingerprint density at radius 3 is 2.80 bits per heavy atom. The number of hydrogen-bond donors (Lipinski definition) is 2. The summed E-state index contributed by atoms with van der Waals surface area (Å²) in [5.41, 5.74) is 2.36. The lowest BCUT2D eigenvalue weighted by atomic mass is 9.98. The molecule has 0 saturated carbocycles. The Labute approximate surface area is 117 Å². The summed E-state index contributed by atoms with van der Waals surface area (Å²) in [6, 6.07) is 2.80. The van der Waals surface area contributed by atoms with Gasteiger partial charge in [0, 0.05) is 26.8 Å². The maximum Gasteiger partial charge on any atom is 0.276 e. The Morgan fingerprint density at radius 2 is 2.25 bits per heavy atom. The number of nitrogens with one attached hydrogen (secondary N) is 1. The van der Waals surface area contributed by atoms with Crippen molar-refractivity contribution in [3.8, 4) is 0 Å². The molecule has 20 heavy (non-hydrogen) atoms. The molecule has 0 aliphatic carbocycles. The van der Waals surface area contributed by atoms with E-state index in [1.807, 2.05) is 4.90 Å². The van der Waals surface area contributed by atoms with Gasteiger partial charge < -0.3 is 15.1 Å². The molecule has 1 saturated heterocycles. The van der Waals surface area contributed by atoms with E-state index in [1.165, 1.54) is 12.1 Å². The van der Waals surface area contributed by atoms with Gasteiger partial charge >= 0.3 is 0 Å². The van der Waals surface area contributed by atoms with Crippen LogP contribution in [0.15, 0.2) is 12.1 Å². The zero-order chi connectivity index (χ0) is 14.5. The quantitative estimate of drug-likeness (QED) is 0.473. The third-order valence-electron chi connectivity index (χ3n) is 3.50. The van der Waals surface area contributed by atoms with Gasteiger partial charge in [-0.25, -0.2) is 10.8 Å². The maximum atomic E-state index is 10.9. The summed E-state index contributed by atoms with van der Waals surface area (Å²) in [6.07, 6.45) is 1.98. The van der Waals surface area contributed by atoms with E-state index in [0.717, 1.165) is 32.5 Å². The van der Waals surface area contributed by atoms with Crippen molar-refractivity contribution in [3.63, 3.8) is 0 Å². The highest BCUT2D eigenvalue weighted by Gasteiger charge is 2.22. The van der Waals surface area contributed by atoms with E-state index in [0.29, 0.717) is 17.6 Å². The molecule has 0 bridgehead atoms. The van der Waals surface area contributed by atoms with Gasteiger partial charge in [-0.05, 0) is 18.8 Å². The zero-order valence-corrected chi connectivity index (χ0v) is 11.4. The van der Waals surface area contributed by atoms with Gasteiger partial charge in [0.25, 0.3) is 5.69 Å². The third-order valence-corrected chi connectivity index (χ3v) is 3.50. The Balaban J connectivity index is 2.12. The van der Waals surface area contributed by atoms with Crippen LogP contribution in [0.4, 0.5) is 17.3 Å². The van der Waals surface area contributed by atoms with Crippen molar-refractivity contribution in [3.05, 3.63) is 22.2 Å². The normalized spacial score (nSPS) is 16.2. The van der Waals surface area contributed by atoms with Gasteiger partial charge in [0.15, 0.2) is 0 Å². The van der Waals surface area contributed by atoms with Crippen LogP contribution in [0.25, 0.3) is 0 Å². The molecule has 0 atom stereocenters. The molecule has 1 aromatic rings. The third kappa shape index (κ3) is 3.34. The number of ether oxygens (including phenoxy) is 1. The van der Waals surface area contributed by atoms with Gasteiger partial charge in [0.2, 0.25) is 0 Å². The van der Waals surface area contributed by atoms with Crippen LogP contribution < -0.4 is 16.2 Å². The second-order valence-electron chi connectivity index (χ2n) is 4.86. The van der Waals surface area contributed by atoms with E-state index in [4.69, 9.17) is 10.6 Å². The van der Waals surface area contributed by atoms with Gasteiger partial charge in [-0.3, -0.25) is 10.1 Å². The highest BCUT2D eigenvalue weighted by atomic mass is 16.6. The summed E-state index contributed by atoms with van der Waals surface area (Å²) >= 11 is 0. The minimum Gasteiger partial charge on any atom is -0.384 e. The van der Waals surface area contributed by atoms with E-state index in [1.54, 1.807) is 7.11 Å². The SMILES string of the molecule is COCC1CCN(c2cc([N+](=O)[O-])cc(NN)n2)CC1. The highest BCUT2D eigenvalue weighted by molar-refractivity contribution is 5.55. The van der Waals surface area contributed by atoms with Crippen molar-refractivity contribution in [1.82, 2.24) is 4.98 Å². The first kappa shape index (κ1) is 14.5. The van der Waals surface area contributed by atoms with Crippen molar-refractivity contribution in [2.24, 2.45) is 11.8 Å².